The predicted molar refractivity (Wildman–Crippen MR) is 114 cm³/mol. The van der Waals surface area contributed by atoms with Crippen molar-refractivity contribution in [2.24, 2.45) is 4.99 Å². The first-order chi connectivity index (χ1) is 11.7. The van der Waals surface area contributed by atoms with Crippen LogP contribution in [-0.2, 0) is 6.54 Å². The molecular weight excluding hydrogens is 451 g/mol. The van der Waals surface area contributed by atoms with Gasteiger partial charge in [0, 0.05) is 62.4 Å². The van der Waals surface area contributed by atoms with Gasteiger partial charge in [0.1, 0.15) is 0 Å². The molecule has 0 bridgehead atoms. The highest BCUT2D eigenvalue weighted by molar-refractivity contribution is 14.0. The van der Waals surface area contributed by atoms with E-state index < -0.39 is 0 Å². The summed E-state index contributed by atoms with van der Waals surface area (Å²) in [5.41, 5.74) is 1.18. The number of nitrogens with one attached hydrogen (secondary N) is 2. The third kappa shape index (κ3) is 5.78. The van der Waals surface area contributed by atoms with Gasteiger partial charge in [-0.25, -0.2) is 4.98 Å². The number of imidazole rings is 1. The molecule has 1 aromatic heterocycles. The fourth-order valence-corrected chi connectivity index (χ4v) is 3.08. The first-order valence-electron chi connectivity index (χ1n) is 8.18. The highest BCUT2D eigenvalue weighted by Crippen LogP contribution is 2.23. The third-order valence-corrected chi connectivity index (χ3v) is 4.38. The monoisotopic (exact) mass is 474 g/mol. The zero-order valence-corrected chi connectivity index (χ0v) is 17.3. The quantitative estimate of drug-likeness (QED) is 0.397. The van der Waals surface area contributed by atoms with Crippen molar-refractivity contribution in [3.05, 3.63) is 48.0 Å². The first kappa shape index (κ1) is 19.8. The number of aromatic nitrogens is 2. The Morgan fingerprint density at radius 2 is 2.32 bits per heavy atom. The van der Waals surface area contributed by atoms with Gasteiger partial charge in [0.15, 0.2) is 5.96 Å². The summed E-state index contributed by atoms with van der Waals surface area (Å²) in [6, 6.07) is 8.40. The molecule has 6 nitrogen and oxygen atoms in total. The van der Waals surface area contributed by atoms with Gasteiger partial charge in [-0.1, -0.05) is 17.7 Å². The molecule has 136 valence electrons. The van der Waals surface area contributed by atoms with Crippen LogP contribution in [0.5, 0.6) is 0 Å². The van der Waals surface area contributed by atoms with Gasteiger partial charge in [-0.15, -0.1) is 24.0 Å². The number of nitrogens with zero attached hydrogens (tertiary/aromatic N) is 4. The number of guanidine groups is 1. The van der Waals surface area contributed by atoms with Crippen molar-refractivity contribution in [3.63, 3.8) is 0 Å². The molecule has 1 unspecified atom stereocenters. The number of halogens is 2. The second-order valence-corrected chi connectivity index (χ2v) is 6.29. The van der Waals surface area contributed by atoms with Crippen molar-refractivity contribution in [1.29, 1.82) is 0 Å². The molecule has 2 heterocycles. The van der Waals surface area contributed by atoms with Crippen LogP contribution in [0.1, 0.15) is 6.42 Å². The molecule has 1 saturated heterocycles. The largest absolute Gasteiger partial charge is 0.369 e. The summed E-state index contributed by atoms with van der Waals surface area (Å²) in [5, 5.41) is 7.63. The number of hydrogen-bond donors (Lipinski definition) is 2. The number of benzene rings is 1. The van der Waals surface area contributed by atoms with E-state index in [9.17, 15) is 0 Å². The van der Waals surface area contributed by atoms with Crippen molar-refractivity contribution < 1.29 is 0 Å². The molecule has 25 heavy (non-hydrogen) atoms. The maximum atomic E-state index is 6.09. The molecule has 1 aliphatic rings. The van der Waals surface area contributed by atoms with Crippen molar-refractivity contribution in [3.8, 4) is 0 Å². The minimum absolute atomic E-state index is 0. The van der Waals surface area contributed by atoms with Gasteiger partial charge >= 0.3 is 0 Å². The molecule has 8 heteroatoms. The first-order valence-corrected chi connectivity index (χ1v) is 8.56. The van der Waals surface area contributed by atoms with Crippen LogP contribution >= 0.6 is 35.6 Å². The molecule has 1 aromatic carbocycles. The summed E-state index contributed by atoms with van der Waals surface area (Å²) in [7, 11) is 1.80. The van der Waals surface area contributed by atoms with Crippen LogP contribution in [0.2, 0.25) is 5.02 Å². The summed E-state index contributed by atoms with van der Waals surface area (Å²) < 4.78 is 2.04. The van der Waals surface area contributed by atoms with Gasteiger partial charge < -0.3 is 20.1 Å². The van der Waals surface area contributed by atoms with E-state index in [0.29, 0.717) is 6.04 Å². The van der Waals surface area contributed by atoms with Crippen LogP contribution in [0.25, 0.3) is 0 Å². The molecule has 2 aromatic rings. The summed E-state index contributed by atoms with van der Waals surface area (Å²) in [5.74, 6) is 0.841. The lowest BCUT2D eigenvalue weighted by Crippen LogP contribution is -2.45. The van der Waals surface area contributed by atoms with Crippen LogP contribution in [0.15, 0.2) is 48.0 Å². The molecule has 0 saturated carbocycles. The second-order valence-electron chi connectivity index (χ2n) is 5.86. The van der Waals surface area contributed by atoms with Crippen LogP contribution < -0.4 is 15.5 Å². The van der Waals surface area contributed by atoms with Gasteiger partial charge in [0.05, 0.1) is 6.33 Å². The van der Waals surface area contributed by atoms with Gasteiger partial charge in [-0.3, -0.25) is 4.99 Å². The zero-order chi connectivity index (χ0) is 16.8. The number of aliphatic imine (C=N–C) groups is 1. The molecule has 0 radical (unpaired) electrons. The average Bonchev–Trinajstić information content (AvgIpc) is 3.25. The molecule has 0 aliphatic carbocycles. The smallest absolute Gasteiger partial charge is 0.191 e. The van der Waals surface area contributed by atoms with E-state index in [1.807, 2.05) is 35.3 Å². The van der Waals surface area contributed by atoms with E-state index in [-0.39, 0.29) is 24.0 Å². The third-order valence-electron chi connectivity index (χ3n) is 4.15. The lowest BCUT2D eigenvalue weighted by Gasteiger charge is -2.20. The molecule has 1 fully saturated rings. The van der Waals surface area contributed by atoms with Crippen LogP contribution in [0.3, 0.4) is 0 Å². The van der Waals surface area contributed by atoms with E-state index >= 15 is 0 Å². The van der Waals surface area contributed by atoms with Gasteiger partial charge in [-0.2, -0.15) is 0 Å². The fourth-order valence-electron chi connectivity index (χ4n) is 2.90. The summed E-state index contributed by atoms with van der Waals surface area (Å²) in [6.45, 7) is 3.63. The Kier molecular flexibility index (Phi) is 7.83. The minimum atomic E-state index is 0. The highest BCUT2D eigenvalue weighted by atomic mass is 127. The maximum Gasteiger partial charge on any atom is 0.191 e. The predicted octanol–water partition coefficient (Wildman–Crippen LogP) is 2.60. The maximum absolute atomic E-state index is 6.09. The molecule has 1 atom stereocenters. The lowest BCUT2D eigenvalue weighted by atomic mass is 10.3. The van der Waals surface area contributed by atoms with Gasteiger partial charge in [0.25, 0.3) is 0 Å². The van der Waals surface area contributed by atoms with E-state index in [2.05, 4.69) is 31.6 Å². The summed E-state index contributed by atoms with van der Waals surface area (Å²) >= 11 is 6.09. The Morgan fingerprint density at radius 1 is 1.44 bits per heavy atom. The minimum Gasteiger partial charge on any atom is -0.369 e. The van der Waals surface area contributed by atoms with Crippen molar-refractivity contribution in [2.45, 2.75) is 19.0 Å². The molecule has 2 N–H and O–H groups in total. The second kappa shape index (κ2) is 9.86. The molecule has 3 rings (SSSR count). The summed E-state index contributed by atoms with van der Waals surface area (Å²) in [4.78, 5) is 10.7. The zero-order valence-electron chi connectivity index (χ0n) is 14.2. The Bertz CT molecular complexity index is 676. The fraction of sp³-hybridized carbons (Fsp3) is 0.412. The number of anilines is 1. The van der Waals surface area contributed by atoms with Crippen molar-refractivity contribution >= 4 is 47.2 Å². The van der Waals surface area contributed by atoms with E-state index in [0.717, 1.165) is 43.6 Å². The van der Waals surface area contributed by atoms with Crippen molar-refractivity contribution in [2.75, 3.05) is 31.6 Å². The Hall–Kier alpha value is -1.48. The Morgan fingerprint density at radius 3 is 3.04 bits per heavy atom. The van der Waals surface area contributed by atoms with Crippen LogP contribution in [0.4, 0.5) is 5.69 Å². The van der Waals surface area contributed by atoms with E-state index in [1.54, 1.807) is 13.2 Å². The topological polar surface area (TPSA) is 57.5 Å². The highest BCUT2D eigenvalue weighted by Gasteiger charge is 2.23. The molecule has 1 aliphatic heterocycles. The van der Waals surface area contributed by atoms with E-state index in [1.165, 1.54) is 5.69 Å². The summed E-state index contributed by atoms with van der Waals surface area (Å²) in [6.07, 6.45) is 6.64. The Labute approximate surface area is 170 Å². The Balaban J connectivity index is 0.00000225. The normalized spacial score (nSPS) is 17.3. The molecule has 0 spiro atoms. The molecule has 0 amide bonds. The number of hydrogen-bond acceptors (Lipinski definition) is 3. The van der Waals surface area contributed by atoms with Crippen LogP contribution in [-0.4, -0.2) is 48.2 Å². The average molecular weight is 475 g/mol. The lowest BCUT2D eigenvalue weighted by molar-refractivity contribution is 0.625. The SMILES string of the molecule is CN=C(NCCn1ccnc1)NC1CCN(c2cccc(Cl)c2)C1.I. The number of rotatable bonds is 5. The molecular formula is C17H24ClIN6. The van der Waals surface area contributed by atoms with E-state index in [4.69, 9.17) is 11.6 Å². The van der Waals surface area contributed by atoms with Gasteiger partial charge in [-0.05, 0) is 24.6 Å². The van der Waals surface area contributed by atoms with Crippen LogP contribution in [0, 0.1) is 0 Å². The van der Waals surface area contributed by atoms with Gasteiger partial charge in [0.2, 0.25) is 0 Å². The van der Waals surface area contributed by atoms with Crippen molar-refractivity contribution in [1.82, 2.24) is 20.2 Å². The standard InChI is InChI=1S/C17H23ClN6.HI/c1-19-17(21-7-10-23-9-6-20-13-23)22-15-5-8-24(12-15)16-4-2-3-14(18)11-16;/h2-4,6,9,11,13,15H,5,7-8,10,12H2,1H3,(H2,19,21,22);1H.